The van der Waals surface area contributed by atoms with Crippen LogP contribution in [0.1, 0.15) is 18.4 Å². The van der Waals surface area contributed by atoms with E-state index in [-0.39, 0.29) is 31.2 Å². The van der Waals surface area contributed by atoms with Crippen molar-refractivity contribution in [2.45, 2.75) is 25.4 Å². The van der Waals surface area contributed by atoms with Crippen LogP contribution in [0.5, 0.6) is 17.2 Å². The first-order valence-corrected chi connectivity index (χ1v) is 9.98. The van der Waals surface area contributed by atoms with Gasteiger partial charge >= 0.3 is 6.03 Å². The second kappa shape index (κ2) is 8.95. The van der Waals surface area contributed by atoms with Crippen LogP contribution in [0.3, 0.4) is 0 Å². The van der Waals surface area contributed by atoms with Gasteiger partial charge in [0.15, 0.2) is 11.5 Å². The molecule has 2 aromatic carbocycles. The Kier molecular flexibility index (Phi) is 5.92. The molecule has 1 unspecified atom stereocenters. The quantitative estimate of drug-likeness (QED) is 0.660. The fourth-order valence-electron chi connectivity index (χ4n) is 3.46. The van der Waals surface area contributed by atoms with E-state index in [4.69, 9.17) is 14.2 Å². The maximum Gasteiger partial charge on any atom is 0.325 e. The zero-order valence-corrected chi connectivity index (χ0v) is 17.1. The van der Waals surface area contributed by atoms with E-state index >= 15 is 0 Å². The average molecular weight is 425 g/mol. The van der Waals surface area contributed by atoms with Gasteiger partial charge < -0.3 is 24.8 Å². The monoisotopic (exact) mass is 425 g/mol. The second-order valence-electron chi connectivity index (χ2n) is 7.22. The summed E-state index contributed by atoms with van der Waals surface area (Å²) in [6.45, 7) is 1.12. The van der Waals surface area contributed by atoms with Gasteiger partial charge in [-0.15, -0.1) is 0 Å². The number of anilines is 1. The van der Waals surface area contributed by atoms with Crippen LogP contribution in [0, 0.1) is 0 Å². The Morgan fingerprint density at radius 3 is 2.61 bits per heavy atom. The summed E-state index contributed by atoms with van der Waals surface area (Å²) in [6, 6.07) is 11.1. The van der Waals surface area contributed by atoms with E-state index in [0.29, 0.717) is 36.1 Å². The lowest BCUT2D eigenvalue weighted by atomic mass is 10.1. The molecule has 31 heavy (non-hydrogen) atoms. The molecule has 2 aromatic rings. The minimum atomic E-state index is -0.725. The second-order valence-corrected chi connectivity index (χ2v) is 7.22. The van der Waals surface area contributed by atoms with Crippen molar-refractivity contribution in [1.82, 2.24) is 10.2 Å². The van der Waals surface area contributed by atoms with Gasteiger partial charge in [-0.05, 0) is 36.2 Å². The number of rotatable bonds is 7. The number of hydrogen-bond acceptors (Lipinski definition) is 6. The third-order valence-corrected chi connectivity index (χ3v) is 5.09. The smallest absolute Gasteiger partial charge is 0.325 e. The molecule has 2 N–H and O–H groups in total. The van der Waals surface area contributed by atoms with Crippen LogP contribution < -0.4 is 24.8 Å². The summed E-state index contributed by atoms with van der Waals surface area (Å²) >= 11 is 0. The van der Waals surface area contributed by atoms with Crippen molar-refractivity contribution in [1.29, 1.82) is 0 Å². The average Bonchev–Trinajstić information content (AvgIpc) is 3.05. The molecule has 1 atom stereocenters. The lowest BCUT2D eigenvalue weighted by Gasteiger charge is -2.19. The predicted molar refractivity (Wildman–Crippen MR) is 111 cm³/mol. The van der Waals surface area contributed by atoms with Crippen molar-refractivity contribution >= 4 is 23.5 Å². The molecule has 9 nitrogen and oxygen atoms in total. The Hall–Kier alpha value is -3.75. The number of imide groups is 1. The van der Waals surface area contributed by atoms with Crippen LogP contribution in [0.4, 0.5) is 10.5 Å². The van der Waals surface area contributed by atoms with Crippen LogP contribution in [-0.4, -0.2) is 49.1 Å². The number of benzene rings is 2. The SMILES string of the molecule is COc1ccc(CN2C(=O)NC(CCC(=O)Nc3ccc4c(c3)OCCO4)C2=O)cc1. The highest BCUT2D eigenvalue weighted by Gasteiger charge is 2.37. The topological polar surface area (TPSA) is 106 Å². The first kappa shape index (κ1) is 20.5. The van der Waals surface area contributed by atoms with Crippen molar-refractivity contribution in [2.75, 3.05) is 25.6 Å². The van der Waals surface area contributed by atoms with E-state index in [1.165, 1.54) is 0 Å². The van der Waals surface area contributed by atoms with E-state index in [9.17, 15) is 14.4 Å². The molecule has 2 aliphatic heterocycles. The van der Waals surface area contributed by atoms with Crippen LogP contribution in [0.15, 0.2) is 42.5 Å². The lowest BCUT2D eigenvalue weighted by molar-refractivity contribution is -0.128. The number of methoxy groups -OCH3 is 1. The van der Waals surface area contributed by atoms with Gasteiger partial charge in [0, 0.05) is 18.2 Å². The molecule has 0 bridgehead atoms. The molecule has 4 amide bonds. The van der Waals surface area contributed by atoms with Gasteiger partial charge in [-0.1, -0.05) is 12.1 Å². The summed E-state index contributed by atoms with van der Waals surface area (Å²) in [5.74, 6) is 1.32. The summed E-state index contributed by atoms with van der Waals surface area (Å²) in [7, 11) is 1.57. The minimum Gasteiger partial charge on any atom is -0.497 e. The Labute approximate surface area is 179 Å². The number of carbonyl (C=O) groups excluding carboxylic acids is 3. The number of ether oxygens (including phenoxy) is 3. The van der Waals surface area contributed by atoms with Gasteiger partial charge in [0.2, 0.25) is 5.91 Å². The number of amides is 4. The molecule has 2 heterocycles. The molecule has 2 aliphatic rings. The number of fused-ring (bicyclic) bond motifs is 1. The van der Waals surface area contributed by atoms with Crippen molar-refractivity contribution in [2.24, 2.45) is 0 Å². The maximum absolute atomic E-state index is 12.6. The number of hydrogen-bond donors (Lipinski definition) is 2. The highest BCUT2D eigenvalue weighted by Crippen LogP contribution is 2.32. The maximum atomic E-state index is 12.6. The standard InChI is InChI=1S/C22H23N3O6/c1-29-16-5-2-14(3-6-16)13-25-21(27)17(24-22(25)28)7-9-20(26)23-15-4-8-18-19(12-15)31-11-10-30-18/h2-6,8,12,17H,7,9-11,13H2,1H3,(H,23,26)(H,24,28). The molecule has 4 rings (SSSR count). The van der Waals surface area contributed by atoms with Crippen LogP contribution in [-0.2, 0) is 16.1 Å². The van der Waals surface area contributed by atoms with Gasteiger partial charge in [0.25, 0.3) is 5.91 Å². The summed E-state index contributed by atoms with van der Waals surface area (Å²) in [6.07, 6.45) is 0.293. The number of carbonyl (C=O) groups is 3. The molecule has 0 spiro atoms. The molecule has 1 fully saturated rings. The highest BCUT2D eigenvalue weighted by molar-refractivity contribution is 6.04. The summed E-state index contributed by atoms with van der Waals surface area (Å²) in [5.41, 5.74) is 1.39. The fraction of sp³-hybridized carbons (Fsp3) is 0.318. The summed E-state index contributed by atoms with van der Waals surface area (Å²) < 4.78 is 16.1. The third-order valence-electron chi connectivity index (χ3n) is 5.09. The Balaban J connectivity index is 1.29. The zero-order valence-electron chi connectivity index (χ0n) is 17.1. The van der Waals surface area contributed by atoms with Gasteiger partial charge in [-0.2, -0.15) is 0 Å². The number of nitrogens with one attached hydrogen (secondary N) is 2. The van der Waals surface area contributed by atoms with Gasteiger partial charge in [-0.25, -0.2) is 4.79 Å². The molecule has 0 saturated carbocycles. The molecule has 0 aliphatic carbocycles. The van der Waals surface area contributed by atoms with Crippen molar-refractivity contribution in [3.63, 3.8) is 0 Å². The third kappa shape index (κ3) is 4.71. The first-order chi connectivity index (χ1) is 15.0. The number of urea groups is 1. The van der Waals surface area contributed by atoms with E-state index in [1.807, 2.05) is 0 Å². The van der Waals surface area contributed by atoms with E-state index < -0.39 is 12.1 Å². The van der Waals surface area contributed by atoms with E-state index in [1.54, 1.807) is 49.6 Å². The molecular weight excluding hydrogens is 402 g/mol. The Morgan fingerprint density at radius 2 is 1.87 bits per heavy atom. The largest absolute Gasteiger partial charge is 0.497 e. The van der Waals surface area contributed by atoms with Crippen LogP contribution in [0.2, 0.25) is 0 Å². The molecule has 1 saturated heterocycles. The molecule has 0 radical (unpaired) electrons. The Morgan fingerprint density at radius 1 is 1.13 bits per heavy atom. The lowest BCUT2D eigenvalue weighted by Crippen LogP contribution is -2.31. The van der Waals surface area contributed by atoms with E-state index in [0.717, 1.165) is 10.5 Å². The van der Waals surface area contributed by atoms with E-state index in [2.05, 4.69) is 10.6 Å². The predicted octanol–water partition coefficient (Wildman–Crippen LogP) is 2.31. The van der Waals surface area contributed by atoms with Gasteiger partial charge in [-0.3, -0.25) is 14.5 Å². The summed E-state index contributed by atoms with van der Waals surface area (Å²) in [4.78, 5) is 38.4. The first-order valence-electron chi connectivity index (χ1n) is 9.98. The van der Waals surface area contributed by atoms with Crippen LogP contribution >= 0.6 is 0 Å². The Bertz CT molecular complexity index is 991. The minimum absolute atomic E-state index is 0.0848. The summed E-state index contributed by atoms with van der Waals surface area (Å²) in [5, 5.41) is 5.43. The van der Waals surface area contributed by atoms with Crippen molar-refractivity contribution in [3.05, 3.63) is 48.0 Å². The molecule has 9 heteroatoms. The fourth-order valence-corrected chi connectivity index (χ4v) is 3.46. The van der Waals surface area contributed by atoms with Gasteiger partial charge in [0.1, 0.15) is 25.0 Å². The number of nitrogens with zero attached hydrogens (tertiary/aromatic N) is 1. The highest BCUT2D eigenvalue weighted by atomic mass is 16.6. The van der Waals surface area contributed by atoms with Crippen molar-refractivity contribution in [3.8, 4) is 17.2 Å². The molecule has 0 aromatic heterocycles. The molecular formula is C22H23N3O6. The normalized spacial score (nSPS) is 17.3. The van der Waals surface area contributed by atoms with Crippen molar-refractivity contribution < 1.29 is 28.6 Å². The zero-order chi connectivity index (χ0) is 21.8. The molecule has 162 valence electrons. The van der Waals surface area contributed by atoms with Crippen LogP contribution in [0.25, 0.3) is 0 Å². The van der Waals surface area contributed by atoms with Gasteiger partial charge in [0.05, 0.1) is 13.7 Å².